The smallest absolute Gasteiger partial charge is 0.328 e. The Hall–Kier alpha value is -3.88. The Morgan fingerprint density at radius 1 is 1.09 bits per heavy atom. The summed E-state index contributed by atoms with van der Waals surface area (Å²) < 4.78 is 10.2. The number of carbonyl (C=O) groups excluding carboxylic acids is 3. The summed E-state index contributed by atoms with van der Waals surface area (Å²) in [5, 5.41) is 3.48. The van der Waals surface area contributed by atoms with Crippen LogP contribution in [-0.2, 0) is 20.7 Å². The molecule has 0 radical (unpaired) electrons. The molecule has 1 unspecified atom stereocenters. The third-order valence-corrected chi connectivity index (χ3v) is 5.83. The van der Waals surface area contributed by atoms with Crippen LogP contribution in [0.5, 0.6) is 5.75 Å². The van der Waals surface area contributed by atoms with Gasteiger partial charge in [0.15, 0.2) is 5.78 Å². The van der Waals surface area contributed by atoms with Crippen LogP contribution < -0.4 is 15.6 Å². The van der Waals surface area contributed by atoms with Crippen molar-refractivity contribution >= 4 is 28.6 Å². The zero-order valence-electron chi connectivity index (χ0n) is 20.3. The normalized spacial score (nSPS) is 12.8. The van der Waals surface area contributed by atoms with E-state index in [1.165, 1.54) is 13.3 Å². The first-order chi connectivity index (χ1) is 16.7. The fourth-order valence-electron chi connectivity index (χ4n) is 4.10. The predicted octanol–water partition coefficient (Wildman–Crippen LogP) is 3.00. The van der Waals surface area contributed by atoms with Gasteiger partial charge < -0.3 is 24.8 Å². The monoisotopic (exact) mass is 481 g/mol. The number of ketones is 1. The summed E-state index contributed by atoms with van der Waals surface area (Å²) in [7, 11) is 2.78. The molecule has 0 fully saturated rings. The topological polar surface area (TPSA) is 130 Å². The first-order valence-corrected chi connectivity index (χ1v) is 11.5. The van der Waals surface area contributed by atoms with Gasteiger partial charge in [0.05, 0.1) is 19.9 Å². The van der Waals surface area contributed by atoms with Crippen molar-refractivity contribution in [1.82, 2.24) is 15.3 Å². The lowest BCUT2D eigenvalue weighted by Gasteiger charge is -2.22. The second-order valence-electron chi connectivity index (χ2n) is 8.87. The molecule has 0 aliphatic rings. The van der Waals surface area contributed by atoms with Gasteiger partial charge in [-0.1, -0.05) is 26.0 Å². The first-order valence-electron chi connectivity index (χ1n) is 11.5. The van der Waals surface area contributed by atoms with Gasteiger partial charge in [0.25, 0.3) is 5.56 Å². The van der Waals surface area contributed by atoms with Gasteiger partial charge in [-0.15, -0.1) is 0 Å². The van der Waals surface area contributed by atoms with Crippen LogP contribution >= 0.6 is 0 Å². The number of nitrogens with one attached hydrogen (secondary N) is 3. The number of rotatable bonds is 11. The number of benzene rings is 1. The second kappa shape index (κ2) is 11.5. The molecule has 1 amide bonds. The SMILES string of the molecule is COC(=O)C(Cc1ccc[nH]c1=O)NC(=O)[C@@H](CC(=O)c1cc2c(OC)cccc2[nH]1)CC(C)C. The fraction of sp³-hybridized carbons (Fsp3) is 0.385. The molecular formula is C26H31N3O6. The van der Waals surface area contributed by atoms with E-state index in [2.05, 4.69) is 15.3 Å². The highest BCUT2D eigenvalue weighted by Gasteiger charge is 2.29. The van der Waals surface area contributed by atoms with Crippen LogP contribution in [0.1, 0.15) is 42.7 Å². The summed E-state index contributed by atoms with van der Waals surface area (Å²) in [5.74, 6) is -1.22. The zero-order chi connectivity index (χ0) is 25.5. The third-order valence-electron chi connectivity index (χ3n) is 5.83. The molecule has 2 heterocycles. The highest BCUT2D eigenvalue weighted by molar-refractivity contribution is 6.02. The van der Waals surface area contributed by atoms with Crippen LogP contribution in [0.25, 0.3) is 10.9 Å². The van der Waals surface area contributed by atoms with Crippen molar-refractivity contribution in [2.24, 2.45) is 11.8 Å². The van der Waals surface area contributed by atoms with Gasteiger partial charge in [0.1, 0.15) is 11.8 Å². The zero-order valence-corrected chi connectivity index (χ0v) is 20.3. The van der Waals surface area contributed by atoms with Gasteiger partial charge in [-0.3, -0.25) is 14.4 Å². The largest absolute Gasteiger partial charge is 0.496 e. The van der Waals surface area contributed by atoms with Crippen molar-refractivity contribution in [2.75, 3.05) is 14.2 Å². The number of methoxy groups -OCH3 is 2. The minimum atomic E-state index is -1.06. The Labute approximate surface area is 203 Å². The molecule has 9 nitrogen and oxygen atoms in total. The minimum absolute atomic E-state index is 0.0290. The van der Waals surface area contributed by atoms with E-state index >= 15 is 0 Å². The first kappa shape index (κ1) is 25.7. The Morgan fingerprint density at radius 2 is 1.86 bits per heavy atom. The summed E-state index contributed by atoms with van der Waals surface area (Å²) in [6, 6.07) is 9.37. The van der Waals surface area contributed by atoms with Crippen molar-refractivity contribution in [3.05, 3.63) is 64.2 Å². The molecule has 3 aromatic rings. The Balaban J connectivity index is 1.80. The van der Waals surface area contributed by atoms with Crippen LogP contribution in [-0.4, -0.2) is 47.9 Å². The van der Waals surface area contributed by atoms with Gasteiger partial charge in [-0.2, -0.15) is 0 Å². The Morgan fingerprint density at radius 3 is 2.51 bits per heavy atom. The quantitative estimate of drug-likeness (QED) is 0.285. The van der Waals surface area contributed by atoms with Gasteiger partial charge in [-0.05, 0) is 36.6 Å². The van der Waals surface area contributed by atoms with Crippen molar-refractivity contribution in [3.8, 4) is 5.75 Å². The van der Waals surface area contributed by atoms with E-state index in [1.807, 2.05) is 32.0 Å². The maximum absolute atomic E-state index is 13.2. The number of fused-ring (bicyclic) bond motifs is 1. The summed E-state index contributed by atoms with van der Waals surface area (Å²) >= 11 is 0. The van der Waals surface area contributed by atoms with Gasteiger partial charge in [0, 0.05) is 41.4 Å². The Bertz CT molecular complexity index is 1260. The standard InChI is InChI=1S/C26H31N3O6/c1-15(2)11-17(13-22(30)20-14-18-19(28-20)8-5-9-23(18)34-3)25(32)29-21(26(33)35-4)12-16-7-6-10-27-24(16)31/h5-10,14-15,17,21,28H,11-13H2,1-4H3,(H,27,31)(H,29,32)/t17-,21?/m1/s1. The van der Waals surface area contributed by atoms with E-state index in [0.717, 1.165) is 10.9 Å². The van der Waals surface area contributed by atoms with Crippen molar-refractivity contribution in [3.63, 3.8) is 0 Å². The van der Waals surface area contributed by atoms with E-state index in [-0.39, 0.29) is 30.1 Å². The molecule has 3 N–H and O–H groups in total. The average Bonchev–Trinajstić information content (AvgIpc) is 3.28. The third kappa shape index (κ3) is 6.38. The molecule has 2 aromatic heterocycles. The second-order valence-corrected chi connectivity index (χ2v) is 8.87. The van der Waals surface area contributed by atoms with Crippen molar-refractivity contribution < 1.29 is 23.9 Å². The van der Waals surface area contributed by atoms with Gasteiger partial charge in [0.2, 0.25) is 5.91 Å². The maximum Gasteiger partial charge on any atom is 0.328 e. The number of amides is 1. The molecule has 0 aliphatic heterocycles. The lowest BCUT2D eigenvalue weighted by molar-refractivity contribution is -0.145. The number of Topliss-reactive ketones (excluding diaryl/α,β-unsaturated/α-hetero) is 1. The summed E-state index contributed by atoms with van der Waals surface area (Å²) in [6.07, 6.45) is 1.86. The van der Waals surface area contributed by atoms with Crippen LogP contribution in [0.3, 0.4) is 0 Å². The van der Waals surface area contributed by atoms with Crippen molar-refractivity contribution in [2.45, 2.75) is 39.2 Å². The number of aromatic amines is 2. The number of hydrogen-bond donors (Lipinski definition) is 3. The van der Waals surface area contributed by atoms with E-state index in [1.54, 1.807) is 25.3 Å². The lowest BCUT2D eigenvalue weighted by atomic mass is 9.90. The highest BCUT2D eigenvalue weighted by atomic mass is 16.5. The van der Waals surface area contributed by atoms with Gasteiger partial charge >= 0.3 is 5.97 Å². The minimum Gasteiger partial charge on any atom is -0.496 e. The highest BCUT2D eigenvalue weighted by Crippen LogP contribution is 2.27. The van der Waals surface area contributed by atoms with Crippen LogP contribution in [0.2, 0.25) is 0 Å². The molecule has 35 heavy (non-hydrogen) atoms. The number of ether oxygens (including phenoxy) is 2. The van der Waals surface area contributed by atoms with E-state index < -0.39 is 23.8 Å². The number of H-pyrrole nitrogens is 2. The van der Waals surface area contributed by atoms with Crippen LogP contribution in [0.4, 0.5) is 0 Å². The molecule has 0 saturated carbocycles. The summed E-state index contributed by atoms with van der Waals surface area (Å²) in [5.41, 5.74) is 1.13. The van der Waals surface area contributed by atoms with E-state index in [4.69, 9.17) is 9.47 Å². The van der Waals surface area contributed by atoms with Gasteiger partial charge in [-0.25, -0.2) is 4.79 Å². The maximum atomic E-state index is 13.2. The Kier molecular flexibility index (Phi) is 8.46. The molecular weight excluding hydrogens is 450 g/mol. The molecule has 9 heteroatoms. The number of esters is 1. The molecule has 3 rings (SSSR count). The summed E-state index contributed by atoms with van der Waals surface area (Å²) in [4.78, 5) is 56.5. The molecule has 0 spiro atoms. The fourth-order valence-corrected chi connectivity index (χ4v) is 4.10. The van der Waals surface area contributed by atoms with E-state index in [9.17, 15) is 19.2 Å². The molecule has 2 atom stereocenters. The van der Waals surface area contributed by atoms with E-state index in [0.29, 0.717) is 23.4 Å². The van der Waals surface area contributed by atoms with Crippen LogP contribution in [0, 0.1) is 11.8 Å². The molecule has 0 bridgehead atoms. The molecule has 186 valence electrons. The molecule has 0 aliphatic carbocycles. The number of aromatic nitrogens is 2. The number of carbonyl (C=O) groups is 3. The average molecular weight is 482 g/mol. The lowest BCUT2D eigenvalue weighted by Crippen LogP contribution is -2.46. The van der Waals surface area contributed by atoms with Crippen molar-refractivity contribution in [1.29, 1.82) is 0 Å². The number of pyridine rings is 1. The summed E-state index contributed by atoms with van der Waals surface area (Å²) in [6.45, 7) is 3.92. The molecule has 1 aromatic carbocycles. The predicted molar refractivity (Wildman–Crippen MR) is 131 cm³/mol. The van der Waals surface area contributed by atoms with Crippen LogP contribution in [0.15, 0.2) is 47.4 Å². The molecule has 0 saturated heterocycles. The number of hydrogen-bond acceptors (Lipinski definition) is 6.